The Bertz CT molecular complexity index is 1110. The first-order valence-electron chi connectivity index (χ1n) is 11.4. The van der Waals surface area contributed by atoms with Crippen LogP contribution in [-0.2, 0) is 11.3 Å². The monoisotopic (exact) mass is 450 g/mol. The van der Waals surface area contributed by atoms with Crippen LogP contribution in [0.25, 0.3) is 11.4 Å². The second-order valence-corrected chi connectivity index (χ2v) is 8.74. The third-order valence-electron chi connectivity index (χ3n) is 6.65. The van der Waals surface area contributed by atoms with Gasteiger partial charge in [-0.2, -0.15) is 4.98 Å². The molecule has 2 saturated heterocycles. The van der Waals surface area contributed by atoms with Crippen LogP contribution in [-0.4, -0.2) is 45.6 Å². The molecule has 33 heavy (non-hydrogen) atoms. The lowest BCUT2D eigenvalue weighted by Crippen LogP contribution is -2.38. The van der Waals surface area contributed by atoms with Gasteiger partial charge in [0.15, 0.2) is 0 Å². The largest absolute Gasteiger partial charge is 0.369 e. The van der Waals surface area contributed by atoms with Gasteiger partial charge in [-0.05, 0) is 50.4 Å². The molecule has 3 aromatic rings. The minimum absolute atomic E-state index is 0.0235. The zero-order valence-electron chi connectivity index (χ0n) is 18.4. The number of piperidine rings is 1. The second-order valence-electron chi connectivity index (χ2n) is 8.74. The van der Waals surface area contributed by atoms with Crippen LogP contribution in [0.1, 0.15) is 43.2 Å². The van der Waals surface area contributed by atoms with Gasteiger partial charge in [0.2, 0.25) is 17.6 Å². The topological polar surface area (TPSA) is 101 Å². The lowest BCUT2D eigenvalue weighted by Gasteiger charge is -2.31. The van der Waals surface area contributed by atoms with Gasteiger partial charge in [-0.15, -0.1) is 0 Å². The number of anilines is 1. The van der Waals surface area contributed by atoms with Gasteiger partial charge in [-0.3, -0.25) is 9.69 Å². The molecule has 2 aliphatic rings. The van der Waals surface area contributed by atoms with E-state index in [0.29, 0.717) is 23.8 Å². The number of aromatic nitrogens is 3. The van der Waals surface area contributed by atoms with Crippen molar-refractivity contribution < 1.29 is 13.7 Å². The molecular weight excluding hydrogens is 423 g/mol. The van der Waals surface area contributed by atoms with E-state index in [0.717, 1.165) is 56.7 Å². The third kappa shape index (κ3) is 4.59. The zero-order valence-corrected chi connectivity index (χ0v) is 18.4. The number of amides is 1. The van der Waals surface area contributed by atoms with E-state index in [1.807, 2.05) is 24.3 Å². The highest BCUT2D eigenvalue weighted by Crippen LogP contribution is 2.33. The Morgan fingerprint density at radius 1 is 1.12 bits per heavy atom. The molecule has 8 nitrogen and oxygen atoms in total. The molecule has 0 aliphatic carbocycles. The van der Waals surface area contributed by atoms with Gasteiger partial charge in [-0.25, -0.2) is 9.37 Å². The number of nitrogens with zero attached hydrogens (tertiary/aromatic N) is 5. The average Bonchev–Trinajstić information content (AvgIpc) is 3.50. The van der Waals surface area contributed by atoms with E-state index in [4.69, 9.17) is 10.3 Å². The first-order valence-corrected chi connectivity index (χ1v) is 11.4. The molecule has 9 heteroatoms. The number of rotatable bonds is 6. The SMILES string of the molecule is NC(=O)C1CCN(c2ccc(-c3noc([C@@H]4CCCN4Cc4ccccc4F)n3)cn2)CC1. The summed E-state index contributed by atoms with van der Waals surface area (Å²) in [6.07, 6.45) is 5.14. The van der Waals surface area contributed by atoms with Crippen molar-refractivity contribution in [2.24, 2.45) is 11.7 Å². The highest BCUT2D eigenvalue weighted by molar-refractivity contribution is 5.77. The van der Waals surface area contributed by atoms with Crippen molar-refractivity contribution in [1.29, 1.82) is 0 Å². The summed E-state index contributed by atoms with van der Waals surface area (Å²) in [4.78, 5) is 24.9. The van der Waals surface area contributed by atoms with Crippen molar-refractivity contribution in [3.05, 3.63) is 59.9 Å². The highest BCUT2D eigenvalue weighted by Gasteiger charge is 2.31. The van der Waals surface area contributed by atoms with Gasteiger partial charge in [0.25, 0.3) is 0 Å². The average molecular weight is 451 g/mol. The number of carbonyl (C=O) groups is 1. The minimum Gasteiger partial charge on any atom is -0.369 e. The van der Waals surface area contributed by atoms with Crippen LogP contribution in [0.15, 0.2) is 47.1 Å². The Morgan fingerprint density at radius 2 is 1.94 bits per heavy atom. The van der Waals surface area contributed by atoms with Crippen molar-refractivity contribution in [1.82, 2.24) is 20.0 Å². The summed E-state index contributed by atoms with van der Waals surface area (Å²) in [6.45, 7) is 2.88. The third-order valence-corrected chi connectivity index (χ3v) is 6.65. The maximum atomic E-state index is 14.1. The summed E-state index contributed by atoms with van der Waals surface area (Å²) in [6, 6.07) is 10.7. The number of likely N-dealkylation sites (tertiary alicyclic amines) is 1. The number of pyridine rings is 1. The predicted octanol–water partition coefficient (Wildman–Crippen LogP) is 3.31. The van der Waals surface area contributed by atoms with Gasteiger partial charge in [0, 0.05) is 42.9 Å². The second kappa shape index (κ2) is 9.27. The fourth-order valence-electron chi connectivity index (χ4n) is 4.73. The smallest absolute Gasteiger partial charge is 0.244 e. The number of carbonyl (C=O) groups excluding carboxylic acids is 1. The molecule has 0 spiro atoms. The highest BCUT2D eigenvalue weighted by atomic mass is 19.1. The molecule has 2 fully saturated rings. The van der Waals surface area contributed by atoms with Crippen LogP contribution in [0.2, 0.25) is 0 Å². The van der Waals surface area contributed by atoms with E-state index in [-0.39, 0.29) is 23.7 Å². The lowest BCUT2D eigenvalue weighted by molar-refractivity contribution is -0.122. The molecule has 1 aromatic carbocycles. The minimum atomic E-state index is -0.222. The number of halogens is 1. The number of hydrogen-bond donors (Lipinski definition) is 1. The van der Waals surface area contributed by atoms with Gasteiger partial charge in [0.1, 0.15) is 11.6 Å². The Labute approximate surface area is 191 Å². The zero-order chi connectivity index (χ0) is 22.8. The van der Waals surface area contributed by atoms with E-state index in [1.54, 1.807) is 12.3 Å². The quantitative estimate of drug-likeness (QED) is 0.615. The Balaban J connectivity index is 1.26. The molecule has 0 unspecified atom stereocenters. The number of primary amides is 1. The molecule has 1 amide bonds. The maximum absolute atomic E-state index is 14.1. The van der Waals surface area contributed by atoms with Crippen LogP contribution < -0.4 is 10.6 Å². The molecule has 0 radical (unpaired) electrons. The molecule has 1 atom stereocenters. The number of hydrogen-bond acceptors (Lipinski definition) is 7. The van der Waals surface area contributed by atoms with Crippen LogP contribution >= 0.6 is 0 Å². The van der Waals surface area contributed by atoms with Gasteiger partial charge < -0.3 is 15.2 Å². The van der Waals surface area contributed by atoms with Crippen LogP contribution in [0.4, 0.5) is 10.2 Å². The Morgan fingerprint density at radius 3 is 2.67 bits per heavy atom. The van der Waals surface area contributed by atoms with Crippen molar-refractivity contribution in [2.75, 3.05) is 24.5 Å². The van der Waals surface area contributed by atoms with E-state index in [1.165, 1.54) is 6.07 Å². The van der Waals surface area contributed by atoms with Gasteiger partial charge in [0.05, 0.1) is 6.04 Å². The molecule has 172 valence electrons. The summed E-state index contributed by atoms with van der Waals surface area (Å²) in [5, 5.41) is 4.17. The molecular formula is C24H27FN6O2. The summed E-state index contributed by atoms with van der Waals surface area (Å²) in [5.41, 5.74) is 6.87. The van der Waals surface area contributed by atoms with Gasteiger partial charge >= 0.3 is 0 Å². The van der Waals surface area contributed by atoms with Crippen molar-refractivity contribution in [3.63, 3.8) is 0 Å². The molecule has 2 N–H and O–H groups in total. The van der Waals surface area contributed by atoms with E-state index in [9.17, 15) is 9.18 Å². The van der Waals surface area contributed by atoms with Crippen molar-refractivity contribution in [3.8, 4) is 11.4 Å². The molecule has 2 aromatic heterocycles. The van der Waals surface area contributed by atoms with E-state index in [2.05, 4.69) is 24.9 Å². The van der Waals surface area contributed by atoms with Crippen molar-refractivity contribution >= 4 is 11.7 Å². The predicted molar refractivity (Wildman–Crippen MR) is 120 cm³/mol. The van der Waals surface area contributed by atoms with Crippen LogP contribution in [0.5, 0.6) is 0 Å². The van der Waals surface area contributed by atoms with E-state index < -0.39 is 0 Å². The summed E-state index contributed by atoms with van der Waals surface area (Å²) < 4.78 is 19.7. The number of benzene rings is 1. The van der Waals surface area contributed by atoms with Crippen LogP contribution in [0, 0.1) is 11.7 Å². The molecule has 0 bridgehead atoms. The number of nitrogens with two attached hydrogens (primary N) is 1. The molecule has 5 rings (SSSR count). The lowest BCUT2D eigenvalue weighted by atomic mass is 9.96. The molecule has 2 aliphatic heterocycles. The first kappa shape index (κ1) is 21.5. The summed E-state index contributed by atoms with van der Waals surface area (Å²) in [7, 11) is 0. The fraction of sp³-hybridized carbons (Fsp3) is 0.417. The standard InChI is InChI=1S/C24H27FN6O2/c25-19-5-2-1-4-18(19)15-31-11-3-6-20(31)24-28-23(29-33-24)17-7-8-21(27-14-17)30-12-9-16(10-13-30)22(26)32/h1-2,4-5,7-8,14,16,20H,3,6,9-13,15H2,(H2,26,32)/t20-/m0/s1. The summed E-state index contributed by atoms with van der Waals surface area (Å²) in [5.74, 6) is 1.44. The Hall–Kier alpha value is -3.33. The normalized spacial score (nSPS) is 19.8. The molecule has 0 saturated carbocycles. The van der Waals surface area contributed by atoms with E-state index >= 15 is 0 Å². The van der Waals surface area contributed by atoms with Gasteiger partial charge in [-0.1, -0.05) is 23.4 Å². The maximum Gasteiger partial charge on any atom is 0.244 e. The summed E-state index contributed by atoms with van der Waals surface area (Å²) >= 11 is 0. The Kier molecular flexibility index (Phi) is 6.04. The fourth-order valence-corrected chi connectivity index (χ4v) is 4.73. The van der Waals surface area contributed by atoms with Crippen molar-refractivity contribution in [2.45, 2.75) is 38.3 Å². The first-order chi connectivity index (χ1) is 16.1. The van der Waals surface area contributed by atoms with Crippen LogP contribution in [0.3, 0.4) is 0 Å². The molecule has 4 heterocycles.